The van der Waals surface area contributed by atoms with Gasteiger partial charge >= 0.3 is 6.18 Å². The zero-order chi connectivity index (χ0) is 14.6. The van der Waals surface area contributed by atoms with Gasteiger partial charge in [0.25, 0.3) is 0 Å². The molecule has 0 bridgehead atoms. The molecule has 1 N–H and O–H groups in total. The number of furan rings is 1. The van der Waals surface area contributed by atoms with Crippen molar-refractivity contribution >= 4 is 11.6 Å². The summed E-state index contributed by atoms with van der Waals surface area (Å²) < 4.78 is 41.1. The number of nitrogens with zero attached hydrogens (tertiary/aromatic N) is 1. The van der Waals surface area contributed by atoms with E-state index in [1.165, 1.54) is 12.3 Å². The summed E-state index contributed by atoms with van der Waals surface area (Å²) in [4.78, 5) is 22.8. The normalized spacial score (nSPS) is 12.5. The van der Waals surface area contributed by atoms with Crippen LogP contribution in [0.2, 0.25) is 0 Å². The second-order valence-corrected chi connectivity index (χ2v) is 3.39. The molecular formula is C11H6F3NO4. The fourth-order valence-corrected chi connectivity index (χ4v) is 1.15. The number of rotatable bonds is 4. The van der Waals surface area contributed by atoms with Gasteiger partial charge in [-0.25, -0.2) is 0 Å². The molecule has 0 radical (unpaired) electrons. The Morgan fingerprint density at radius 3 is 2.47 bits per heavy atom. The van der Waals surface area contributed by atoms with E-state index in [4.69, 9.17) is 10.4 Å². The first-order valence-corrected chi connectivity index (χ1v) is 4.76. The number of alkyl halides is 3. The molecule has 0 amide bonds. The maximum absolute atomic E-state index is 12.1. The highest BCUT2D eigenvalue weighted by Crippen LogP contribution is 2.26. The lowest BCUT2D eigenvalue weighted by Gasteiger charge is -2.06. The molecule has 100 valence electrons. The Labute approximate surface area is 104 Å². The van der Waals surface area contributed by atoms with Crippen molar-refractivity contribution < 1.29 is 32.3 Å². The molecule has 1 heterocycles. The number of hydrogen-bond donors (Lipinski definition) is 1. The molecule has 1 rings (SSSR count). The third-order valence-corrected chi connectivity index (χ3v) is 2.04. The molecule has 0 spiro atoms. The second-order valence-electron chi connectivity index (χ2n) is 3.39. The monoisotopic (exact) mass is 273 g/mol. The molecule has 1 aromatic rings. The summed E-state index contributed by atoms with van der Waals surface area (Å²) >= 11 is 0. The molecule has 0 saturated heterocycles. The van der Waals surface area contributed by atoms with Crippen molar-refractivity contribution in [3.8, 4) is 6.07 Å². The topological polar surface area (TPSA) is 91.3 Å². The number of aliphatic hydroxyl groups is 1. The van der Waals surface area contributed by atoms with Gasteiger partial charge in [0.05, 0.1) is 12.5 Å². The van der Waals surface area contributed by atoms with E-state index in [1.54, 1.807) is 0 Å². The van der Waals surface area contributed by atoms with Gasteiger partial charge in [-0.1, -0.05) is 0 Å². The van der Waals surface area contributed by atoms with Gasteiger partial charge in [0.2, 0.25) is 17.3 Å². The molecule has 0 aromatic carbocycles. The Morgan fingerprint density at radius 1 is 1.42 bits per heavy atom. The van der Waals surface area contributed by atoms with Crippen LogP contribution in [0.3, 0.4) is 0 Å². The van der Waals surface area contributed by atoms with Crippen LogP contribution in [0.25, 0.3) is 0 Å². The van der Waals surface area contributed by atoms with E-state index in [0.29, 0.717) is 0 Å². The maximum atomic E-state index is 12.1. The summed E-state index contributed by atoms with van der Waals surface area (Å²) in [6.07, 6.45) is -3.45. The number of hydrogen-bond acceptors (Lipinski definition) is 5. The average Bonchev–Trinajstić information content (AvgIpc) is 2.81. The number of carbonyl (C=O) groups excluding carboxylic acids is 2. The van der Waals surface area contributed by atoms with E-state index in [2.05, 4.69) is 4.42 Å². The van der Waals surface area contributed by atoms with Crippen LogP contribution < -0.4 is 0 Å². The molecule has 19 heavy (non-hydrogen) atoms. The van der Waals surface area contributed by atoms with Crippen LogP contribution >= 0.6 is 0 Å². The minimum atomic E-state index is -5.27. The SMILES string of the molecule is N#CC(C(=O)C(=O)Cc1ccoc1)=C(O)C(F)(F)F. The Balaban J connectivity index is 2.98. The van der Waals surface area contributed by atoms with Crippen LogP contribution in [-0.4, -0.2) is 22.8 Å². The van der Waals surface area contributed by atoms with E-state index < -0.39 is 35.5 Å². The Hall–Kier alpha value is -2.56. The lowest BCUT2D eigenvalue weighted by Crippen LogP contribution is -2.23. The van der Waals surface area contributed by atoms with Crippen LogP contribution in [0.4, 0.5) is 13.2 Å². The van der Waals surface area contributed by atoms with E-state index in [9.17, 15) is 22.8 Å². The van der Waals surface area contributed by atoms with Crippen LogP contribution in [-0.2, 0) is 16.0 Å². The van der Waals surface area contributed by atoms with Crippen molar-refractivity contribution in [1.82, 2.24) is 0 Å². The van der Waals surface area contributed by atoms with Crippen molar-refractivity contribution in [2.24, 2.45) is 0 Å². The number of Topliss-reactive ketones (excluding diaryl/α,β-unsaturated/α-hetero) is 2. The lowest BCUT2D eigenvalue weighted by molar-refractivity contribution is -0.136. The molecular weight excluding hydrogens is 267 g/mol. The average molecular weight is 273 g/mol. The molecule has 0 aliphatic heterocycles. The fraction of sp³-hybridized carbons (Fsp3) is 0.182. The highest BCUT2D eigenvalue weighted by atomic mass is 19.4. The van der Waals surface area contributed by atoms with Gasteiger partial charge in [0.15, 0.2) is 0 Å². The predicted molar refractivity (Wildman–Crippen MR) is 53.7 cm³/mol. The number of aliphatic hydroxyl groups excluding tert-OH is 1. The third-order valence-electron chi connectivity index (χ3n) is 2.04. The standard InChI is InChI=1S/C11H6F3NO4/c12-11(13,14)10(18)7(4-15)9(17)8(16)3-6-1-2-19-5-6/h1-2,5,18H,3H2. The molecule has 0 fully saturated rings. The summed E-state index contributed by atoms with van der Waals surface area (Å²) in [7, 11) is 0. The minimum absolute atomic E-state index is 0.266. The van der Waals surface area contributed by atoms with E-state index in [1.807, 2.05) is 0 Å². The summed E-state index contributed by atoms with van der Waals surface area (Å²) in [5.41, 5.74) is -1.36. The van der Waals surface area contributed by atoms with E-state index >= 15 is 0 Å². The zero-order valence-corrected chi connectivity index (χ0v) is 9.19. The largest absolute Gasteiger partial charge is 0.503 e. The first-order valence-electron chi connectivity index (χ1n) is 4.76. The van der Waals surface area contributed by atoms with Gasteiger partial charge < -0.3 is 9.52 Å². The van der Waals surface area contributed by atoms with Gasteiger partial charge in [-0.05, 0) is 11.6 Å². The summed E-state index contributed by atoms with van der Waals surface area (Å²) in [6.45, 7) is 0. The van der Waals surface area contributed by atoms with Crippen molar-refractivity contribution in [1.29, 1.82) is 5.26 Å². The van der Waals surface area contributed by atoms with E-state index in [0.717, 1.165) is 12.3 Å². The minimum Gasteiger partial charge on any atom is -0.503 e. The lowest BCUT2D eigenvalue weighted by atomic mass is 10.0. The summed E-state index contributed by atoms with van der Waals surface area (Å²) in [6, 6.07) is 2.22. The smallest absolute Gasteiger partial charge is 0.450 e. The number of nitriles is 1. The third kappa shape index (κ3) is 3.45. The van der Waals surface area contributed by atoms with Gasteiger partial charge in [0.1, 0.15) is 11.6 Å². The van der Waals surface area contributed by atoms with Gasteiger partial charge in [-0.15, -0.1) is 0 Å². The molecule has 5 nitrogen and oxygen atoms in total. The number of halogens is 3. The fourth-order valence-electron chi connectivity index (χ4n) is 1.15. The molecule has 0 saturated carbocycles. The van der Waals surface area contributed by atoms with Crippen molar-refractivity contribution in [3.63, 3.8) is 0 Å². The van der Waals surface area contributed by atoms with Gasteiger partial charge in [0, 0.05) is 6.42 Å². The van der Waals surface area contributed by atoms with Crippen molar-refractivity contribution in [2.45, 2.75) is 12.6 Å². The Bertz CT molecular complexity index is 564. The predicted octanol–water partition coefficient (Wildman–Crippen LogP) is 1.86. The molecule has 0 aliphatic rings. The number of allylic oxidation sites excluding steroid dienone is 2. The number of ketones is 2. The maximum Gasteiger partial charge on any atom is 0.450 e. The van der Waals surface area contributed by atoms with Gasteiger partial charge in [-0.2, -0.15) is 18.4 Å². The van der Waals surface area contributed by atoms with Crippen LogP contribution in [0.5, 0.6) is 0 Å². The second kappa shape index (κ2) is 5.39. The van der Waals surface area contributed by atoms with Crippen LogP contribution in [0.1, 0.15) is 5.56 Å². The van der Waals surface area contributed by atoms with Crippen molar-refractivity contribution in [2.75, 3.05) is 0 Å². The Morgan fingerprint density at radius 2 is 2.05 bits per heavy atom. The highest BCUT2D eigenvalue weighted by molar-refractivity contribution is 6.45. The molecule has 8 heteroatoms. The highest BCUT2D eigenvalue weighted by Gasteiger charge is 2.40. The molecule has 1 aromatic heterocycles. The zero-order valence-electron chi connectivity index (χ0n) is 9.19. The van der Waals surface area contributed by atoms with Crippen LogP contribution in [0.15, 0.2) is 34.3 Å². The Kier molecular flexibility index (Phi) is 4.11. The summed E-state index contributed by atoms with van der Waals surface area (Å²) in [5.74, 6) is -5.33. The first-order chi connectivity index (χ1) is 8.77. The first kappa shape index (κ1) is 14.5. The van der Waals surface area contributed by atoms with Gasteiger partial charge in [-0.3, -0.25) is 9.59 Å². The molecule has 0 atom stereocenters. The van der Waals surface area contributed by atoms with Crippen LogP contribution in [0, 0.1) is 11.3 Å². The van der Waals surface area contributed by atoms with E-state index in [-0.39, 0.29) is 5.56 Å². The molecule has 0 unspecified atom stereocenters. The molecule has 0 aliphatic carbocycles. The quantitative estimate of drug-likeness (QED) is 0.391. The van der Waals surface area contributed by atoms with Crippen molar-refractivity contribution in [3.05, 3.63) is 35.5 Å². The number of carbonyl (C=O) groups is 2. The summed E-state index contributed by atoms with van der Waals surface area (Å²) in [5, 5.41) is 17.2.